The highest BCUT2D eigenvalue weighted by Gasteiger charge is 2.08. The molecule has 1 N–H and O–H groups in total. The zero-order valence-corrected chi connectivity index (χ0v) is 10.5. The molecule has 0 aliphatic heterocycles. The Balaban J connectivity index is 2.81. The number of allylic oxidation sites excluding steroid dienone is 2. The van der Waals surface area contributed by atoms with Crippen molar-refractivity contribution in [2.75, 3.05) is 7.11 Å². The highest BCUT2D eigenvalue weighted by atomic mass is 16.5. The van der Waals surface area contributed by atoms with Crippen LogP contribution in [0.2, 0.25) is 0 Å². The highest BCUT2D eigenvalue weighted by Crippen LogP contribution is 2.10. The van der Waals surface area contributed by atoms with E-state index in [1.165, 1.54) is 13.4 Å². The van der Waals surface area contributed by atoms with Crippen LogP contribution in [0, 0.1) is 0 Å². The third-order valence-electron chi connectivity index (χ3n) is 2.33. The van der Waals surface area contributed by atoms with Crippen molar-refractivity contribution in [2.24, 2.45) is 0 Å². The molecule has 0 saturated carbocycles. The fourth-order valence-electron chi connectivity index (χ4n) is 1.39. The van der Waals surface area contributed by atoms with Crippen LogP contribution in [0.15, 0.2) is 59.9 Å². The van der Waals surface area contributed by atoms with Crippen LogP contribution in [-0.4, -0.2) is 18.2 Å². The van der Waals surface area contributed by atoms with E-state index < -0.39 is 5.97 Å². The Hall–Kier alpha value is -2.29. The molecule has 0 heterocycles. The summed E-state index contributed by atoms with van der Waals surface area (Å²) in [7, 11) is 1.43. The first-order valence-corrected chi connectivity index (χ1v) is 5.52. The van der Waals surface area contributed by atoms with Gasteiger partial charge in [-0.1, -0.05) is 48.6 Å². The van der Waals surface area contributed by atoms with E-state index in [2.05, 4.69) is 0 Å². The van der Waals surface area contributed by atoms with Crippen molar-refractivity contribution in [1.29, 1.82) is 0 Å². The summed E-state index contributed by atoms with van der Waals surface area (Å²) in [6.45, 7) is 1.73. The molecule has 0 amide bonds. The quantitative estimate of drug-likeness (QED) is 0.491. The molecule has 1 aromatic carbocycles. The normalized spacial score (nSPS) is 12.8. The van der Waals surface area contributed by atoms with Crippen LogP contribution in [0.5, 0.6) is 0 Å². The first kappa shape index (κ1) is 13.8. The van der Waals surface area contributed by atoms with E-state index in [1.54, 1.807) is 13.0 Å². The average Bonchev–Trinajstić information content (AvgIpc) is 2.36. The monoisotopic (exact) mass is 244 g/mol. The molecule has 0 unspecified atom stereocenters. The number of carboxylic acid groups (broad SMARTS) is 1. The summed E-state index contributed by atoms with van der Waals surface area (Å²) in [4.78, 5) is 11.0. The number of benzene rings is 1. The second kappa shape index (κ2) is 7.12. The minimum absolute atomic E-state index is 0.148. The Kier molecular flexibility index (Phi) is 5.45. The maximum atomic E-state index is 11.0. The fraction of sp³-hybridized carbons (Fsp3) is 0.133. The van der Waals surface area contributed by atoms with E-state index in [0.717, 1.165) is 5.56 Å². The number of methoxy groups -OCH3 is 1. The van der Waals surface area contributed by atoms with Crippen molar-refractivity contribution in [1.82, 2.24) is 0 Å². The van der Waals surface area contributed by atoms with Gasteiger partial charge in [-0.2, -0.15) is 0 Å². The first-order chi connectivity index (χ1) is 8.65. The van der Waals surface area contributed by atoms with Crippen LogP contribution in [0.1, 0.15) is 12.5 Å². The van der Waals surface area contributed by atoms with Gasteiger partial charge in [0.1, 0.15) is 0 Å². The van der Waals surface area contributed by atoms with Crippen molar-refractivity contribution >= 4 is 12.0 Å². The summed E-state index contributed by atoms with van der Waals surface area (Å²) in [5.41, 5.74) is 1.85. The summed E-state index contributed by atoms with van der Waals surface area (Å²) in [5, 5.41) is 8.98. The Morgan fingerprint density at radius 1 is 1.28 bits per heavy atom. The van der Waals surface area contributed by atoms with Crippen LogP contribution in [0.3, 0.4) is 0 Å². The molecule has 0 aliphatic rings. The minimum atomic E-state index is -1.00. The van der Waals surface area contributed by atoms with Gasteiger partial charge in [0, 0.05) is 0 Å². The van der Waals surface area contributed by atoms with Gasteiger partial charge in [0.05, 0.1) is 18.9 Å². The molecule has 18 heavy (non-hydrogen) atoms. The molecule has 0 spiro atoms. The second-order valence-corrected chi connectivity index (χ2v) is 3.69. The highest BCUT2D eigenvalue weighted by molar-refractivity contribution is 5.91. The third kappa shape index (κ3) is 4.29. The molecule has 3 heteroatoms. The predicted octanol–water partition coefficient (Wildman–Crippen LogP) is 3.26. The average molecular weight is 244 g/mol. The van der Waals surface area contributed by atoms with E-state index in [-0.39, 0.29) is 5.57 Å². The number of carbonyl (C=O) groups is 1. The molecule has 1 rings (SSSR count). The summed E-state index contributed by atoms with van der Waals surface area (Å²) < 4.78 is 4.74. The van der Waals surface area contributed by atoms with E-state index in [9.17, 15) is 4.79 Å². The van der Waals surface area contributed by atoms with Crippen molar-refractivity contribution in [2.45, 2.75) is 6.92 Å². The van der Waals surface area contributed by atoms with Gasteiger partial charge in [-0.15, -0.1) is 0 Å². The minimum Gasteiger partial charge on any atom is -0.503 e. The summed E-state index contributed by atoms with van der Waals surface area (Å²) in [6, 6.07) is 9.79. The lowest BCUT2D eigenvalue weighted by molar-refractivity contribution is -0.132. The van der Waals surface area contributed by atoms with Gasteiger partial charge in [-0.05, 0) is 18.1 Å². The summed E-state index contributed by atoms with van der Waals surface area (Å²) in [6.07, 6.45) is 6.70. The molecular formula is C15H16O3. The largest absolute Gasteiger partial charge is 0.503 e. The lowest BCUT2D eigenvalue weighted by Gasteiger charge is -2.00. The smallest absolute Gasteiger partial charge is 0.339 e. The zero-order chi connectivity index (χ0) is 13.4. The van der Waals surface area contributed by atoms with Gasteiger partial charge >= 0.3 is 5.97 Å². The Labute approximate surface area is 107 Å². The van der Waals surface area contributed by atoms with Crippen molar-refractivity contribution < 1.29 is 14.6 Å². The molecule has 1 aromatic rings. The molecule has 0 atom stereocenters. The van der Waals surface area contributed by atoms with Crippen molar-refractivity contribution in [3.63, 3.8) is 0 Å². The number of ether oxygens (including phenoxy) is 1. The lowest BCUT2D eigenvalue weighted by atomic mass is 10.1. The van der Waals surface area contributed by atoms with E-state index in [1.807, 2.05) is 42.5 Å². The van der Waals surface area contributed by atoms with Crippen LogP contribution in [0.4, 0.5) is 0 Å². The van der Waals surface area contributed by atoms with E-state index in [0.29, 0.717) is 5.57 Å². The molecule has 0 radical (unpaired) electrons. The molecule has 0 bridgehead atoms. The predicted molar refractivity (Wildman–Crippen MR) is 72.0 cm³/mol. The van der Waals surface area contributed by atoms with Crippen molar-refractivity contribution in [3.05, 3.63) is 65.5 Å². The molecule has 0 saturated heterocycles. The second-order valence-electron chi connectivity index (χ2n) is 3.69. The number of aliphatic carboxylic acids is 1. The summed E-state index contributed by atoms with van der Waals surface area (Å²) >= 11 is 0. The van der Waals surface area contributed by atoms with Gasteiger partial charge in [-0.3, -0.25) is 0 Å². The number of rotatable bonds is 5. The zero-order valence-electron chi connectivity index (χ0n) is 10.5. The SMILES string of the molecule is CO\C=C(C(=O)O)/C(C)=C/C=C/c1ccccc1. The Bertz CT molecular complexity index is 482. The maximum Gasteiger partial charge on any atom is 0.339 e. The van der Waals surface area contributed by atoms with Crippen LogP contribution in [-0.2, 0) is 9.53 Å². The third-order valence-corrected chi connectivity index (χ3v) is 2.33. The van der Waals surface area contributed by atoms with E-state index in [4.69, 9.17) is 9.84 Å². The fourth-order valence-corrected chi connectivity index (χ4v) is 1.39. The molecular weight excluding hydrogens is 228 g/mol. The lowest BCUT2D eigenvalue weighted by Crippen LogP contribution is -2.02. The topological polar surface area (TPSA) is 46.5 Å². The van der Waals surface area contributed by atoms with Crippen LogP contribution in [0.25, 0.3) is 6.08 Å². The van der Waals surface area contributed by atoms with Crippen LogP contribution < -0.4 is 0 Å². The van der Waals surface area contributed by atoms with Gasteiger partial charge in [0.25, 0.3) is 0 Å². The van der Waals surface area contributed by atoms with Crippen molar-refractivity contribution in [3.8, 4) is 0 Å². The Morgan fingerprint density at radius 2 is 1.94 bits per heavy atom. The molecule has 0 aliphatic carbocycles. The standard InChI is InChI=1S/C15H16O3/c1-12(14(11-18-2)15(16)17)7-6-10-13-8-4-3-5-9-13/h3-11H,1-2H3,(H,16,17)/b10-6+,12-7+,14-11+. The maximum absolute atomic E-state index is 11.0. The van der Waals surface area contributed by atoms with E-state index >= 15 is 0 Å². The molecule has 0 fully saturated rings. The van der Waals surface area contributed by atoms with Gasteiger partial charge in [0.2, 0.25) is 0 Å². The number of hydrogen-bond donors (Lipinski definition) is 1. The van der Waals surface area contributed by atoms with Gasteiger partial charge in [0.15, 0.2) is 0 Å². The van der Waals surface area contributed by atoms with Crippen LogP contribution >= 0.6 is 0 Å². The Morgan fingerprint density at radius 3 is 2.50 bits per heavy atom. The van der Waals surface area contributed by atoms with Gasteiger partial charge < -0.3 is 9.84 Å². The molecule has 94 valence electrons. The summed E-state index contributed by atoms with van der Waals surface area (Å²) in [5.74, 6) is -1.00. The number of carboxylic acids is 1. The molecule has 0 aromatic heterocycles. The first-order valence-electron chi connectivity index (χ1n) is 5.52. The number of hydrogen-bond acceptors (Lipinski definition) is 2. The molecule has 3 nitrogen and oxygen atoms in total. The van der Waals surface area contributed by atoms with Gasteiger partial charge in [-0.25, -0.2) is 4.79 Å².